The number of hydrogen-bond acceptors (Lipinski definition) is 3. The lowest BCUT2D eigenvalue weighted by Gasteiger charge is -2.20. The van der Waals surface area contributed by atoms with Gasteiger partial charge in [0.15, 0.2) is 0 Å². The monoisotopic (exact) mass is 267 g/mol. The van der Waals surface area contributed by atoms with Gasteiger partial charge in [-0.1, -0.05) is 38.5 Å². The summed E-state index contributed by atoms with van der Waals surface area (Å²) in [4.78, 5) is 1.37. The van der Waals surface area contributed by atoms with Crippen molar-refractivity contribution in [1.29, 1.82) is 0 Å². The molecule has 0 fully saturated rings. The molecule has 0 radical (unpaired) electrons. The fourth-order valence-electron chi connectivity index (χ4n) is 1.67. The first kappa shape index (κ1) is 15.5. The largest absolute Gasteiger partial charge is 0.383 e. The molecule has 18 heavy (non-hydrogen) atoms. The van der Waals surface area contributed by atoms with Crippen LogP contribution in [0.2, 0.25) is 0 Å². The molecule has 102 valence electrons. The van der Waals surface area contributed by atoms with Gasteiger partial charge in [-0.3, -0.25) is 0 Å². The van der Waals surface area contributed by atoms with Crippen molar-refractivity contribution in [3.8, 4) is 0 Å². The summed E-state index contributed by atoms with van der Waals surface area (Å²) in [5.41, 5.74) is 2.70. The molecule has 0 bridgehead atoms. The van der Waals surface area contributed by atoms with E-state index in [1.165, 1.54) is 16.0 Å². The summed E-state index contributed by atoms with van der Waals surface area (Å²) in [6.07, 6.45) is 0. The van der Waals surface area contributed by atoms with Gasteiger partial charge < -0.3 is 10.1 Å². The molecular weight excluding hydrogens is 242 g/mol. The Morgan fingerprint density at radius 1 is 1.28 bits per heavy atom. The minimum absolute atomic E-state index is 0.247. The van der Waals surface area contributed by atoms with Crippen molar-refractivity contribution in [2.24, 2.45) is 0 Å². The second-order valence-electron chi connectivity index (χ2n) is 5.50. The summed E-state index contributed by atoms with van der Waals surface area (Å²) in [5.74, 6) is 0. The molecule has 0 unspecified atom stereocenters. The lowest BCUT2D eigenvalue weighted by Crippen LogP contribution is -2.19. The molecule has 1 aromatic carbocycles. The number of ether oxygens (including phenoxy) is 1. The number of methoxy groups -OCH3 is 1. The molecule has 0 amide bonds. The van der Waals surface area contributed by atoms with Gasteiger partial charge in [0, 0.05) is 29.8 Å². The van der Waals surface area contributed by atoms with Crippen LogP contribution in [-0.2, 0) is 11.3 Å². The van der Waals surface area contributed by atoms with Gasteiger partial charge in [0.05, 0.1) is 6.61 Å². The lowest BCUT2D eigenvalue weighted by molar-refractivity contribution is 0.199. The molecular formula is C15H25NOS. The molecule has 0 aliphatic carbocycles. The highest BCUT2D eigenvalue weighted by atomic mass is 32.2. The molecule has 0 saturated heterocycles. The quantitative estimate of drug-likeness (QED) is 0.628. The van der Waals surface area contributed by atoms with E-state index in [9.17, 15) is 0 Å². The maximum atomic E-state index is 5.05. The molecule has 1 aromatic rings. The number of thioether (sulfide) groups is 1. The summed E-state index contributed by atoms with van der Waals surface area (Å²) in [7, 11) is 1.73. The number of aryl methyl sites for hydroxylation is 1. The van der Waals surface area contributed by atoms with Gasteiger partial charge in [0.2, 0.25) is 0 Å². The molecule has 2 nitrogen and oxygen atoms in total. The number of nitrogens with one attached hydrogen (secondary N) is 1. The standard InChI is InChI=1S/C15H25NOS/c1-12-6-7-14(18-15(2,3)4)13(10-12)11-16-8-9-17-5/h6-7,10,16H,8-9,11H2,1-5H3. The number of rotatable bonds is 6. The highest BCUT2D eigenvalue weighted by Crippen LogP contribution is 2.34. The van der Waals surface area contributed by atoms with Crippen LogP contribution in [-0.4, -0.2) is 25.0 Å². The van der Waals surface area contributed by atoms with Gasteiger partial charge in [-0.15, -0.1) is 11.8 Å². The van der Waals surface area contributed by atoms with Crippen molar-refractivity contribution in [2.75, 3.05) is 20.3 Å². The zero-order valence-electron chi connectivity index (χ0n) is 12.2. The van der Waals surface area contributed by atoms with Crippen LogP contribution >= 0.6 is 11.8 Å². The Labute approximate surface area is 116 Å². The SMILES string of the molecule is COCCNCc1cc(C)ccc1SC(C)(C)C. The zero-order chi connectivity index (χ0) is 13.6. The normalized spacial score (nSPS) is 11.8. The van der Waals surface area contributed by atoms with Crippen molar-refractivity contribution >= 4 is 11.8 Å². The Morgan fingerprint density at radius 3 is 2.61 bits per heavy atom. The predicted octanol–water partition coefficient (Wildman–Crippen LogP) is 3.62. The van der Waals surface area contributed by atoms with Crippen LogP contribution in [0.15, 0.2) is 23.1 Å². The Hall–Kier alpha value is -0.510. The second-order valence-corrected chi connectivity index (χ2v) is 7.36. The first-order valence-corrected chi connectivity index (χ1v) is 7.22. The van der Waals surface area contributed by atoms with Crippen LogP contribution in [0.1, 0.15) is 31.9 Å². The molecule has 1 N–H and O–H groups in total. The number of hydrogen-bond donors (Lipinski definition) is 1. The van der Waals surface area contributed by atoms with E-state index >= 15 is 0 Å². The van der Waals surface area contributed by atoms with Gasteiger partial charge in [-0.2, -0.15) is 0 Å². The molecule has 1 rings (SSSR count). The Bertz CT molecular complexity index is 371. The van der Waals surface area contributed by atoms with Crippen molar-refractivity contribution in [1.82, 2.24) is 5.32 Å². The van der Waals surface area contributed by atoms with E-state index in [4.69, 9.17) is 4.74 Å². The van der Waals surface area contributed by atoms with E-state index in [0.29, 0.717) is 0 Å². The van der Waals surface area contributed by atoms with Crippen molar-refractivity contribution in [3.05, 3.63) is 29.3 Å². The van der Waals surface area contributed by atoms with Crippen molar-refractivity contribution in [3.63, 3.8) is 0 Å². The highest BCUT2D eigenvalue weighted by Gasteiger charge is 2.14. The van der Waals surface area contributed by atoms with Crippen molar-refractivity contribution < 1.29 is 4.74 Å². The van der Waals surface area contributed by atoms with E-state index in [0.717, 1.165) is 19.7 Å². The third kappa shape index (κ3) is 5.89. The van der Waals surface area contributed by atoms with Crippen LogP contribution in [0, 0.1) is 6.92 Å². The molecule has 0 heterocycles. The summed E-state index contributed by atoms with van der Waals surface area (Å²) in [5, 5.41) is 3.42. The van der Waals surface area contributed by atoms with E-state index in [2.05, 4.69) is 51.2 Å². The number of benzene rings is 1. The highest BCUT2D eigenvalue weighted by molar-refractivity contribution is 8.00. The molecule has 0 aromatic heterocycles. The molecule has 0 aliphatic rings. The Balaban J connectivity index is 2.71. The van der Waals surface area contributed by atoms with E-state index in [1.807, 2.05) is 11.8 Å². The fourth-order valence-corrected chi connectivity index (χ4v) is 2.73. The minimum Gasteiger partial charge on any atom is -0.383 e. The van der Waals surface area contributed by atoms with Gasteiger partial charge in [0.25, 0.3) is 0 Å². The topological polar surface area (TPSA) is 21.3 Å². The Morgan fingerprint density at radius 2 is 2.00 bits per heavy atom. The molecule has 0 atom stereocenters. The second kappa shape index (κ2) is 7.17. The zero-order valence-corrected chi connectivity index (χ0v) is 13.0. The van der Waals surface area contributed by atoms with Crippen LogP contribution in [0.4, 0.5) is 0 Å². The third-order valence-corrected chi connectivity index (χ3v) is 3.66. The average molecular weight is 267 g/mol. The predicted molar refractivity (Wildman–Crippen MR) is 80.4 cm³/mol. The van der Waals surface area contributed by atoms with Crippen LogP contribution in [0.5, 0.6) is 0 Å². The summed E-state index contributed by atoms with van der Waals surface area (Å²) in [6, 6.07) is 6.69. The van der Waals surface area contributed by atoms with Crippen LogP contribution < -0.4 is 5.32 Å². The lowest BCUT2D eigenvalue weighted by atomic mass is 10.1. The fraction of sp³-hybridized carbons (Fsp3) is 0.600. The molecule has 0 saturated carbocycles. The van der Waals surface area contributed by atoms with Crippen molar-refractivity contribution in [2.45, 2.75) is 43.9 Å². The van der Waals surface area contributed by atoms with E-state index in [1.54, 1.807) is 7.11 Å². The summed E-state index contributed by atoms with van der Waals surface area (Å²) < 4.78 is 5.29. The van der Waals surface area contributed by atoms with E-state index in [-0.39, 0.29) is 4.75 Å². The first-order valence-electron chi connectivity index (χ1n) is 6.40. The van der Waals surface area contributed by atoms with E-state index < -0.39 is 0 Å². The summed E-state index contributed by atoms with van der Waals surface area (Å²) >= 11 is 1.93. The van der Waals surface area contributed by atoms with Gasteiger partial charge >= 0.3 is 0 Å². The van der Waals surface area contributed by atoms with Gasteiger partial charge in [0.1, 0.15) is 0 Å². The average Bonchev–Trinajstić information content (AvgIpc) is 2.26. The minimum atomic E-state index is 0.247. The molecule has 0 spiro atoms. The maximum Gasteiger partial charge on any atom is 0.0587 e. The first-order chi connectivity index (χ1) is 8.42. The molecule has 3 heteroatoms. The summed E-state index contributed by atoms with van der Waals surface area (Å²) in [6.45, 7) is 11.4. The third-order valence-electron chi connectivity index (χ3n) is 2.43. The van der Waals surface area contributed by atoms with Crippen LogP contribution in [0.3, 0.4) is 0 Å². The Kier molecular flexibility index (Phi) is 6.19. The van der Waals surface area contributed by atoms with Crippen LogP contribution in [0.25, 0.3) is 0 Å². The van der Waals surface area contributed by atoms with Gasteiger partial charge in [-0.25, -0.2) is 0 Å². The molecule has 0 aliphatic heterocycles. The van der Waals surface area contributed by atoms with Gasteiger partial charge in [-0.05, 0) is 18.6 Å². The smallest absolute Gasteiger partial charge is 0.0587 e. The maximum absolute atomic E-state index is 5.05.